The SMILES string of the molecule is CN(C)C(=O)CN=C(NCC1CCOC1)N1CCC(Oc2ccccc2Cl)C1.I. The lowest BCUT2D eigenvalue weighted by atomic mass is 10.1. The van der Waals surface area contributed by atoms with Crippen LogP contribution in [0.2, 0.25) is 5.02 Å². The number of ether oxygens (including phenoxy) is 2. The Morgan fingerprint density at radius 1 is 1.38 bits per heavy atom. The molecule has 7 nitrogen and oxygen atoms in total. The van der Waals surface area contributed by atoms with Crippen LogP contribution in [0.3, 0.4) is 0 Å². The quantitative estimate of drug-likeness (QED) is 0.344. The molecule has 9 heteroatoms. The number of nitrogens with one attached hydrogen (secondary N) is 1. The van der Waals surface area contributed by atoms with Gasteiger partial charge in [-0.1, -0.05) is 23.7 Å². The summed E-state index contributed by atoms with van der Waals surface area (Å²) in [5.41, 5.74) is 0. The summed E-state index contributed by atoms with van der Waals surface area (Å²) in [6.07, 6.45) is 1.96. The molecule has 2 atom stereocenters. The molecule has 2 fully saturated rings. The Balaban J connectivity index is 0.00000300. The van der Waals surface area contributed by atoms with Crippen molar-refractivity contribution in [2.45, 2.75) is 18.9 Å². The van der Waals surface area contributed by atoms with E-state index in [1.165, 1.54) is 0 Å². The largest absolute Gasteiger partial charge is 0.487 e. The summed E-state index contributed by atoms with van der Waals surface area (Å²) in [5.74, 6) is 1.92. The van der Waals surface area contributed by atoms with Crippen molar-refractivity contribution in [3.63, 3.8) is 0 Å². The number of hydrogen-bond acceptors (Lipinski definition) is 4. The minimum Gasteiger partial charge on any atom is -0.487 e. The molecule has 2 unspecified atom stereocenters. The normalized spacial score (nSPS) is 21.6. The topological polar surface area (TPSA) is 66.4 Å². The molecule has 0 bridgehead atoms. The molecule has 0 radical (unpaired) electrons. The number of nitrogens with zero attached hydrogens (tertiary/aromatic N) is 3. The molecule has 2 aliphatic rings. The number of carbonyl (C=O) groups is 1. The third-order valence-corrected chi connectivity index (χ3v) is 5.32. The van der Waals surface area contributed by atoms with Crippen LogP contribution in [0.15, 0.2) is 29.3 Å². The monoisotopic (exact) mass is 536 g/mol. The number of guanidine groups is 1. The summed E-state index contributed by atoms with van der Waals surface area (Å²) < 4.78 is 11.5. The molecule has 2 heterocycles. The van der Waals surface area contributed by atoms with E-state index in [1.807, 2.05) is 24.3 Å². The third-order valence-electron chi connectivity index (χ3n) is 5.01. The lowest BCUT2D eigenvalue weighted by molar-refractivity contribution is -0.127. The lowest BCUT2D eigenvalue weighted by Gasteiger charge is -2.23. The van der Waals surface area contributed by atoms with Gasteiger partial charge in [-0.25, -0.2) is 4.99 Å². The predicted octanol–water partition coefficient (Wildman–Crippen LogP) is 2.48. The maximum atomic E-state index is 12.0. The number of halogens is 2. The highest BCUT2D eigenvalue weighted by atomic mass is 127. The minimum absolute atomic E-state index is 0. The highest BCUT2D eigenvalue weighted by Crippen LogP contribution is 2.26. The van der Waals surface area contributed by atoms with Crippen LogP contribution in [0.25, 0.3) is 0 Å². The number of hydrogen-bond donors (Lipinski definition) is 1. The summed E-state index contributed by atoms with van der Waals surface area (Å²) in [4.78, 5) is 20.3. The molecule has 1 N–H and O–H groups in total. The van der Waals surface area contributed by atoms with Gasteiger partial charge in [-0.2, -0.15) is 0 Å². The molecule has 3 rings (SSSR count). The van der Waals surface area contributed by atoms with Crippen LogP contribution in [0, 0.1) is 5.92 Å². The van der Waals surface area contributed by atoms with E-state index in [0.29, 0.717) is 23.2 Å². The van der Waals surface area contributed by atoms with Crippen LogP contribution in [0.4, 0.5) is 0 Å². The predicted molar refractivity (Wildman–Crippen MR) is 125 cm³/mol. The summed E-state index contributed by atoms with van der Waals surface area (Å²) in [6.45, 7) is 4.03. The average molecular weight is 537 g/mol. The maximum absolute atomic E-state index is 12.0. The van der Waals surface area contributed by atoms with Gasteiger partial charge in [0, 0.05) is 46.1 Å². The standard InChI is InChI=1S/C20H29ClN4O3.HI/c1-24(2)19(26)12-23-20(22-11-15-8-10-27-14-15)25-9-7-16(13-25)28-18-6-4-3-5-17(18)21;/h3-6,15-16H,7-14H2,1-2H3,(H,22,23);1H. The summed E-state index contributed by atoms with van der Waals surface area (Å²) >= 11 is 6.21. The van der Waals surface area contributed by atoms with Gasteiger partial charge in [-0.3, -0.25) is 4.79 Å². The zero-order valence-corrected chi connectivity index (χ0v) is 20.1. The summed E-state index contributed by atoms with van der Waals surface area (Å²) in [7, 11) is 3.48. The fraction of sp³-hybridized carbons (Fsp3) is 0.600. The van der Waals surface area contributed by atoms with Gasteiger partial charge in [0.15, 0.2) is 5.96 Å². The van der Waals surface area contributed by atoms with Gasteiger partial charge in [0.1, 0.15) is 18.4 Å². The first kappa shape index (κ1) is 24.0. The molecule has 0 saturated carbocycles. The molecule has 2 saturated heterocycles. The molecule has 0 spiro atoms. The van der Waals surface area contributed by atoms with Gasteiger partial charge in [0.05, 0.1) is 18.2 Å². The molecule has 162 valence electrons. The van der Waals surface area contributed by atoms with E-state index in [2.05, 4.69) is 15.2 Å². The second kappa shape index (κ2) is 11.8. The Labute approximate surface area is 194 Å². The van der Waals surface area contributed by atoms with Crippen LogP contribution < -0.4 is 10.1 Å². The van der Waals surface area contributed by atoms with Gasteiger partial charge in [-0.05, 0) is 18.6 Å². The summed E-state index contributed by atoms with van der Waals surface area (Å²) in [5, 5.41) is 4.05. The molecule has 1 aromatic carbocycles. The first-order valence-electron chi connectivity index (χ1n) is 9.75. The fourth-order valence-electron chi connectivity index (χ4n) is 3.27. The van der Waals surface area contributed by atoms with Crippen molar-refractivity contribution in [2.75, 3.05) is 53.5 Å². The van der Waals surface area contributed by atoms with E-state index in [4.69, 9.17) is 21.1 Å². The second-order valence-corrected chi connectivity index (χ2v) is 7.85. The molecule has 1 amide bonds. The second-order valence-electron chi connectivity index (χ2n) is 7.44. The summed E-state index contributed by atoms with van der Waals surface area (Å²) in [6, 6.07) is 7.51. The number of likely N-dealkylation sites (N-methyl/N-ethyl adjacent to an activating group) is 1. The molecular weight excluding hydrogens is 507 g/mol. The highest BCUT2D eigenvalue weighted by molar-refractivity contribution is 14.0. The van der Waals surface area contributed by atoms with E-state index >= 15 is 0 Å². The van der Waals surface area contributed by atoms with Crippen molar-refractivity contribution in [1.29, 1.82) is 0 Å². The first-order chi connectivity index (χ1) is 13.5. The maximum Gasteiger partial charge on any atom is 0.243 e. The average Bonchev–Trinajstić information content (AvgIpc) is 3.35. The number of carbonyl (C=O) groups excluding carboxylic acids is 1. The highest BCUT2D eigenvalue weighted by Gasteiger charge is 2.28. The number of para-hydroxylation sites is 1. The smallest absolute Gasteiger partial charge is 0.243 e. The van der Waals surface area contributed by atoms with Crippen LogP contribution in [0.5, 0.6) is 5.75 Å². The fourth-order valence-corrected chi connectivity index (χ4v) is 3.45. The van der Waals surface area contributed by atoms with Gasteiger partial charge in [-0.15, -0.1) is 24.0 Å². The van der Waals surface area contributed by atoms with Crippen molar-refractivity contribution >= 4 is 47.4 Å². The van der Waals surface area contributed by atoms with Gasteiger partial charge >= 0.3 is 0 Å². The van der Waals surface area contributed by atoms with Crippen molar-refractivity contribution in [3.8, 4) is 5.75 Å². The van der Waals surface area contributed by atoms with E-state index in [1.54, 1.807) is 19.0 Å². The van der Waals surface area contributed by atoms with E-state index in [-0.39, 0.29) is 42.5 Å². The van der Waals surface area contributed by atoms with Gasteiger partial charge in [0.25, 0.3) is 0 Å². The Kier molecular flexibility index (Phi) is 9.78. The Morgan fingerprint density at radius 2 is 2.17 bits per heavy atom. The molecule has 0 aromatic heterocycles. The number of aliphatic imine (C=N–C) groups is 1. The molecular formula is C20H30ClIN4O3. The van der Waals surface area contributed by atoms with Crippen molar-refractivity contribution in [2.24, 2.45) is 10.9 Å². The zero-order valence-electron chi connectivity index (χ0n) is 17.0. The van der Waals surface area contributed by atoms with Gasteiger partial charge in [0.2, 0.25) is 5.91 Å². The van der Waals surface area contributed by atoms with Crippen LogP contribution in [0.1, 0.15) is 12.8 Å². The van der Waals surface area contributed by atoms with Crippen LogP contribution in [-0.4, -0.2) is 81.3 Å². The molecule has 29 heavy (non-hydrogen) atoms. The van der Waals surface area contributed by atoms with E-state index in [0.717, 1.165) is 45.1 Å². The third kappa shape index (κ3) is 7.18. The van der Waals surface area contributed by atoms with Crippen LogP contribution in [-0.2, 0) is 9.53 Å². The van der Waals surface area contributed by atoms with E-state index in [9.17, 15) is 4.79 Å². The minimum atomic E-state index is -0.0217. The number of amides is 1. The van der Waals surface area contributed by atoms with Crippen molar-refractivity contribution < 1.29 is 14.3 Å². The molecule has 0 aliphatic carbocycles. The Morgan fingerprint density at radius 3 is 2.86 bits per heavy atom. The molecule has 1 aromatic rings. The number of rotatable bonds is 6. The zero-order chi connectivity index (χ0) is 19.9. The molecule has 2 aliphatic heterocycles. The van der Waals surface area contributed by atoms with Crippen LogP contribution >= 0.6 is 35.6 Å². The van der Waals surface area contributed by atoms with E-state index < -0.39 is 0 Å². The van der Waals surface area contributed by atoms with Gasteiger partial charge < -0.3 is 24.6 Å². The Hall–Kier alpha value is -1.26. The van der Waals surface area contributed by atoms with Crippen molar-refractivity contribution in [3.05, 3.63) is 29.3 Å². The number of benzene rings is 1. The van der Waals surface area contributed by atoms with Crippen molar-refractivity contribution in [1.82, 2.24) is 15.1 Å². The number of likely N-dealkylation sites (tertiary alicyclic amines) is 1. The first-order valence-corrected chi connectivity index (χ1v) is 10.1. The lowest BCUT2D eigenvalue weighted by Crippen LogP contribution is -2.43. The Bertz CT molecular complexity index is 698.